The molecule has 0 unspecified atom stereocenters. The third-order valence-electron chi connectivity index (χ3n) is 1.09. The van der Waals surface area contributed by atoms with E-state index in [2.05, 4.69) is 13.2 Å². The van der Waals surface area contributed by atoms with Gasteiger partial charge in [-0.05, 0) is 0 Å². The van der Waals surface area contributed by atoms with E-state index < -0.39 is 0 Å². The summed E-state index contributed by atoms with van der Waals surface area (Å²) in [6.07, 6.45) is 9.34. The van der Waals surface area contributed by atoms with Crippen LogP contribution in [0.2, 0.25) is 6.82 Å². The summed E-state index contributed by atoms with van der Waals surface area (Å²) >= 11 is 0. The smallest absolute Gasteiger partial charge is 0.0995 e. The van der Waals surface area contributed by atoms with Gasteiger partial charge in [0, 0.05) is 0 Å². The quantitative estimate of drug-likeness (QED) is 0.407. The zero-order valence-electron chi connectivity index (χ0n) is 6.96. The normalized spacial score (nSPS) is 11.2. The summed E-state index contributed by atoms with van der Waals surface area (Å²) in [6.45, 7) is 9.19. The van der Waals surface area contributed by atoms with Crippen LogP contribution in [-0.2, 0) is 0 Å². The largest absolute Gasteiger partial charge is 0.106 e. The minimum absolute atomic E-state index is 1.13. The summed E-state index contributed by atoms with van der Waals surface area (Å²) in [7, 11) is 4.00. The molecule has 0 fully saturated rings. The van der Waals surface area contributed by atoms with E-state index in [0.29, 0.717) is 0 Å². The van der Waals surface area contributed by atoms with Crippen molar-refractivity contribution in [1.29, 1.82) is 0 Å². The first kappa shape index (κ1) is 10.1. The molecule has 0 atom stereocenters. The standard InChI is InChI=1S/C9H12B2/c1-4-6-8-9(7-5-2)11-10-3/h4-8H,1-2H2,3H3/b8-6-,9-7+. The van der Waals surface area contributed by atoms with Crippen LogP contribution in [0.4, 0.5) is 0 Å². The minimum atomic E-state index is 1.13. The lowest BCUT2D eigenvalue weighted by Gasteiger charge is -1.93. The van der Waals surface area contributed by atoms with Gasteiger partial charge in [0.25, 0.3) is 0 Å². The van der Waals surface area contributed by atoms with Gasteiger partial charge >= 0.3 is 0 Å². The second-order valence-electron chi connectivity index (χ2n) is 2.00. The molecule has 0 aliphatic carbocycles. The van der Waals surface area contributed by atoms with E-state index >= 15 is 0 Å². The molecule has 0 aromatic carbocycles. The van der Waals surface area contributed by atoms with E-state index in [0.717, 1.165) is 5.47 Å². The fourth-order valence-corrected chi connectivity index (χ4v) is 0.674. The van der Waals surface area contributed by atoms with Gasteiger partial charge in [-0.2, -0.15) is 0 Å². The highest BCUT2D eigenvalue weighted by Gasteiger charge is 1.89. The maximum absolute atomic E-state index is 3.62. The Morgan fingerprint density at radius 3 is 2.45 bits per heavy atom. The summed E-state index contributed by atoms with van der Waals surface area (Å²) in [5.74, 6) is 0. The van der Waals surface area contributed by atoms with Crippen molar-refractivity contribution in [3.05, 3.63) is 49.0 Å². The van der Waals surface area contributed by atoms with Crippen molar-refractivity contribution in [2.45, 2.75) is 6.82 Å². The highest BCUT2D eigenvalue weighted by Crippen LogP contribution is 1.94. The molecular formula is C9H12B2. The third kappa shape index (κ3) is 5.53. The topological polar surface area (TPSA) is 0 Å². The molecule has 0 bridgehead atoms. The van der Waals surface area contributed by atoms with Gasteiger partial charge in [-0.25, -0.2) is 0 Å². The second-order valence-corrected chi connectivity index (χ2v) is 2.00. The fraction of sp³-hybridized carbons (Fsp3) is 0.111. The lowest BCUT2D eigenvalue weighted by atomic mass is 9.37. The third-order valence-corrected chi connectivity index (χ3v) is 1.09. The van der Waals surface area contributed by atoms with Crippen molar-refractivity contribution in [2.24, 2.45) is 0 Å². The molecule has 0 amide bonds. The molecule has 0 aliphatic heterocycles. The van der Waals surface area contributed by atoms with Crippen molar-refractivity contribution in [1.82, 2.24) is 0 Å². The minimum Gasteiger partial charge on any atom is -0.0995 e. The first-order valence-electron chi connectivity index (χ1n) is 3.59. The Kier molecular flexibility index (Phi) is 6.60. The zero-order valence-corrected chi connectivity index (χ0v) is 6.96. The molecule has 0 N–H and O–H groups in total. The van der Waals surface area contributed by atoms with Crippen LogP contribution in [0.15, 0.2) is 49.0 Å². The predicted octanol–water partition coefficient (Wildman–Crippen LogP) is 2.17. The molecule has 0 nitrogen and oxygen atoms in total. The molecule has 54 valence electrons. The molecule has 0 heterocycles. The summed E-state index contributed by atoms with van der Waals surface area (Å²) in [4.78, 5) is 0. The van der Waals surface area contributed by atoms with Gasteiger partial charge in [-0.3, -0.25) is 0 Å². The Balaban J connectivity index is 4.09. The van der Waals surface area contributed by atoms with Crippen LogP contribution in [-0.4, -0.2) is 14.3 Å². The van der Waals surface area contributed by atoms with Crippen molar-refractivity contribution in [3.63, 3.8) is 0 Å². The van der Waals surface area contributed by atoms with E-state index in [9.17, 15) is 0 Å². The summed E-state index contributed by atoms with van der Waals surface area (Å²) in [5, 5.41) is 0. The van der Waals surface area contributed by atoms with Gasteiger partial charge in [0.1, 0.15) is 7.17 Å². The zero-order chi connectivity index (χ0) is 8.53. The van der Waals surface area contributed by atoms with E-state index in [1.807, 2.05) is 39.4 Å². The maximum atomic E-state index is 3.62. The van der Waals surface area contributed by atoms with Crippen LogP contribution >= 0.6 is 0 Å². The molecule has 0 saturated carbocycles. The Bertz CT molecular complexity index is 178. The highest BCUT2D eigenvalue weighted by molar-refractivity contribution is 7.03. The van der Waals surface area contributed by atoms with Gasteiger partial charge in [0.2, 0.25) is 0 Å². The van der Waals surface area contributed by atoms with Crippen molar-refractivity contribution >= 4 is 14.3 Å². The average Bonchev–Trinajstić information content (AvgIpc) is 2.01. The Labute approximate surface area is 70.9 Å². The summed E-state index contributed by atoms with van der Waals surface area (Å²) in [6, 6.07) is 0. The summed E-state index contributed by atoms with van der Waals surface area (Å²) < 4.78 is 0. The van der Waals surface area contributed by atoms with Crippen molar-refractivity contribution in [3.8, 4) is 0 Å². The monoisotopic (exact) mass is 142 g/mol. The highest BCUT2D eigenvalue weighted by atomic mass is 13.7. The molecule has 2 heteroatoms. The van der Waals surface area contributed by atoms with Gasteiger partial charge < -0.3 is 0 Å². The van der Waals surface area contributed by atoms with Gasteiger partial charge in [0.05, 0.1) is 7.17 Å². The van der Waals surface area contributed by atoms with Crippen LogP contribution < -0.4 is 0 Å². The first-order chi connectivity index (χ1) is 5.35. The van der Waals surface area contributed by atoms with Gasteiger partial charge in [-0.1, -0.05) is 55.8 Å². The van der Waals surface area contributed by atoms with Gasteiger partial charge in [0.15, 0.2) is 0 Å². The van der Waals surface area contributed by atoms with Crippen LogP contribution in [0.3, 0.4) is 0 Å². The van der Waals surface area contributed by atoms with Crippen molar-refractivity contribution < 1.29 is 0 Å². The lowest BCUT2D eigenvalue weighted by Crippen LogP contribution is -2.00. The Morgan fingerprint density at radius 2 is 2.00 bits per heavy atom. The average molecular weight is 142 g/mol. The molecule has 0 rings (SSSR count). The molecule has 0 aromatic rings. The molecule has 11 heavy (non-hydrogen) atoms. The van der Waals surface area contributed by atoms with Crippen LogP contribution in [0, 0.1) is 0 Å². The fourth-order valence-electron chi connectivity index (χ4n) is 0.674. The van der Waals surface area contributed by atoms with E-state index in [1.165, 1.54) is 0 Å². The maximum Gasteiger partial charge on any atom is 0.106 e. The lowest BCUT2D eigenvalue weighted by molar-refractivity contribution is 1.84. The Morgan fingerprint density at radius 1 is 1.27 bits per heavy atom. The van der Waals surface area contributed by atoms with Crippen LogP contribution in [0.5, 0.6) is 0 Å². The van der Waals surface area contributed by atoms with Crippen LogP contribution in [0.1, 0.15) is 0 Å². The molecule has 0 saturated heterocycles. The molecule has 0 aliphatic rings. The number of hydrogen-bond donors (Lipinski definition) is 0. The second kappa shape index (κ2) is 7.20. The van der Waals surface area contributed by atoms with E-state index in [1.54, 1.807) is 12.2 Å². The Hall–Kier alpha value is -0.910. The first-order valence-corrected chi connectivity index (χ1v) is 3.59. The van der Waals surface area contributed by atoms with E-state index in [-0.39, 0.29) is 0 Å². The molecule has 0 aromatic heterocycles. The van der Waals surface area contributed by atoms with Gasteiger partial charge in [-0.15, -0.1) is 0 Å². The van der Waals surface area contributed by atoms with E-state index in [4.69, 9.17) is 0 Å². The molecule has 0 spiro atoms. The van der Waals surface area contributed by atoms with Crippen LogP contribution in [0.25, 0.3) is 0 Å². The SMILES string of the molecule is C=C/C=C\C([B][B]C)=C/C=C. The summed E-state index contributed by atoms with van der Waals surface area (Å²) in [5.41, 5.74) is 1.13. The number of hydrogen-bond acceptors (Lipinski definition) is 0. The number of rotatable bonds is 5. The molecular weight excluding hydrogens is 130 g/mol. The molecule has 2 radical (unpaired) electrons. The number of allylic oxidation sites excluding steroid dienone is 6. The predicted molar refractivity (Wildman–Crippen MR) is 55.0 cm³/mol. The van der Waals surface area contributed by atoms with Crippen molar-refractivity contribution in [2.75, 3.05) is 0 Å².